The molecule has 1 saturated heterocycles. The summed E-state index contributed by atoms with van der Waals surface area (Å²) in [6, 6.07) is 1.06. The Hall–Kier alpha value is -2.20. The third-order valence-electron chi connectivity index (χ3n) is 5.19. The molecular formula is C20H25F3N4O2S. The van der Waals surface area contributed by atoms with Crippen molar-refractivity contribution < 1.29 is 22.8 Å². The molecule has 30 heavy (non-hydrogen) atoms. The Bertz CT molecular complexity index is 957. The number of alkyl halides is 3. The minimum atomic E-state index is -4.55. The molecule has 2 aromatic rings. The van der Waals surface area contributed by atoms with Crippen LogP contribution in [0.1, 0.15) is 36.7 Å². The minimum absolute atomic E-state index is 0.0424. The van der Waals surface area contributed by atoms with Gasteiger partial charge in [0.2, 0.25) is 0 Å². The van der Waals surface area contributed by atoms with E-state index in [0.29, 0.717) is 32.7 Å². The van der Waals surface area contributed by atoms with Gasteiger partial charge in [-0.3, -0.25) is 14.5 Å². The second-order valence-corrected chi connectivity index (χ2v) is 9.25. The van der Waals surface area contributed by atoms with Gasteiger partial charge >= 0.3 is 6.18 Å². The molecule has 1 amide bonds. The van der Waals surface area contributed by atoms with Crippen LogP contribution in [0.4, 0.5) is 19.0 Å². The number of anilines is 1. The number of hydrogen-bond donors (Lipinski definition) is 1. The van der Waals surface area contributed by atoms with Crippen molar-refractivity contribution in [2.24, 2.45) is 5.41 Å². The van der Waals surface area contributed by atoms with Crippen molar-refractivity contribution in [3.63, 3.8) is 0 Å². The van der Waals surface area contributed by atoms with Crippen molar-refractivity contribution in [3.8, 4) is 0 Å². The van der Waals surface area contributed by atoms with Crippen molar-refractivity contribution in [3.05, 3.63) is 22.6 Å². The van der Waals surface area contributed by atoms with Gasteiger partial charge in [0.05, 0.1) is 27.9 Å². The Balaban J connectivity index is 1.88. The van der Waals surface area contributed by atoms with Crippen molar-refractivity contribution in [1.29, 1.82) is 0 Å². The van der Waals surface area contributed by atoms with Crippen LogP contribution < -0.4 is 10.2 Å². The SMILES string of the molecule is CNC(=O)c1csc2c(C(F)(F)F)cc(N3CCN(CC(=O)C(C)(C)C)CC3)nc12. The first-order chi connectivity index (χ1) is 13.9. The maximum absolute atomic E-state index is 13.7. The van der Waals surface area contributed by atoms with Crippen LogP contribution in [-0.4, -0.2) is 61.3 Å². The maximum Gasteiger partial charge on any atom is 0.417 e. The van der Waals surface area contributed by atoms with Crippen LogP contribution >= 0.6 is 11.3 Å². The molecular weight excluding hydrogens is 417 g/mol. The molecule has 3 rings (SSSR count). The quantitative estimate of drug-likeness (QED) is 0.786. The summed E-state index contributed by atoms with van der Waals surface area (Å²) in [4.78, 5) is 32.5. The van der Waals surface area contributed by atoms with Crippen LogP contribution in [0.5, 0.6) is 0 Å². The number of piperazine rings is 1. The molecule has 0 spiro atoms. The topological polar surface area (TPSA) is 65.5 Å². The van der Waals surface area contributed by atoms with E-state index in [4.69, 9.17) is 0 Å². The smallest absolute Gasteiger partial charge is 0.355 e. The third-order valence-corrected chi connectivity index (χ3v) is 6.19. The lowest BCUT2D eigenvalue weighted by atomic mass is 9.90. The van der Waals surface area contributed by atoms with E-state index in [1.165, 1.54) is 12.4 Å². The van der Waals surface area contributed by atoms with E-state index in [0.717, 1.165) is 17.4 Å². The normalized spacial score (nSPS) is 16.2. The number of carbonyl (C=O) groups is 2. The summed E-state index contributed by atoms with van der Waals surface area (Å²) >= 11 is 0.868. The summed E-state index contributed by atoms with van der Waals surface area (Å²) in [7, 11) is 1.43. The summed E-state index contributed by atoms with van der Waals surface area (Å²) in [5.74, 6) is -0.145. The first-order valence-electron chi connectivity index (χ1n) is 9.64. The van der Waals surface area contributed by atoms with Gasteiger partial charge in [-0.2, -0.15) is 13.2 Å². The number of carbonyl (C=O) groups excluding carboxylic acids is 2. The number of nitrogens with one attached hydrogen (secondary N) is 1. The number of aromatic nitrogens is 1. The predicted molar refractivity (Wildman–Crippen MR) is 111 cm³/mol. The van der Waals surface area contributed by atoms with Crippen LogP contribution in [-0.2, 0) is 11.0 Å². The van der Waals surface area contributed by atoms with Crippen molar-refractivity contribution in [2.45, 2.75) is 26.9 Å². The molecule has 0 aromatic carbocycles. The Labute approximate surface area is 177 Å². The van der Waals surface area contributed by atoms with Gasteiger partial charge in [0, 0.05) is 44.0 Å². The number of Topliss-reactive ketones (excluding diaryl/α,β-unsaturated/α-hetero) is 1. The maximum atomic E-state index is 13.7. The molecule has 1 fully saturated rings. The summed E-state index contributed by atoms with van der Waals surface area (Å²) in [6.45, 7) is 7.93. The Kier molecular flexibility index (Phi) is 6.10. The molecule has 0 atom stereocenters. The Morgan fingerprint density at radius 1 is 1.17 bits per heavy atom. The van der Waals surface area contributed by atoms with Gasteiger partial charge in [0.25, 0.3) is 5.91 Å². The summed E-state index contributed by atoms with van der Waals surface area (Å²) < 4.78 is 41.0. The minimum Gasteiger partial charge on any atom is -0.355 e. The number of thiophene rings is 1. The van der Waals surface area contributed by atoms with Gasteiger partial charge in [-0.15, -0.1) is 11.3 Å². The van der Waals surface area contributed by atoms with Gasteiger partial charge in [-0.25, -0.2) is 4.98 Å². The number of pyridine rings is 1. The molecule has 0 aliphatic carbocycles. The van der Waals surface area contributed by atoms with Gasteiger partial charge < -0.3 is 10.2 Å². The van der Waals surface area contributed by atoms with E-state index in [1.54, 1.807) is 4.90 Å². The van der Waals surface area contributed by atoms with E-state index in [1.807, 2.05) is 25.7 Å². The highest BCUT2D eigenvalue weighted by atomic mass is 32.1. The van der Waals surface area contributed by atoms with Crippen LogP contribution in [0.3, 0.4) is 0 Å². The van der Waals surface area contributed by atoms with Gasteiger partial charge in [-0.1, -0.05) is 20.8 Å². The fraction of sp³-hybridized carbons (Fsp3) is 0.550. The monoisotopic (exact) mass is 442 g/mol. The fourth-order valence-corrected chi connectivity index (χ4v) is 4.26. The molecule has 164 valence electrons. The highest BCUT2D eigenvalue weighted by molar-refractivity contribution is 7.17. The standard InChI is InChI=1S/C20H25F3N4O2S/c1-19(2,3)14(28)10-26-5-7-27(8-6-26)15-9-13(20(21,22)23)17-16(25-15)12(11-30-17)18(29)24-4/h9,11H,5-8,10H2,1-4H3,(H,24,29). The van der Waals surface area contributed by atoms with E-state index < -0.39 is 23.1 Å². The number of rotatable bonds is 4. The van der Waals surface area contributed by atoms with E-state index in [2.05, 4.69) is 10.3 Å². The highest BCUT2D eigenvalue weighted by Crippen LogP contribution is 2.40. The van der Waals surface area contributed by atoms with Crippen molar-refractivity contribution in [1.82, 2.24) is 15.2 Å². The first-order valence-corrected chi connectivity index (χ1v) is 10.5. The molecule has 1 aliphatic rings. The van der Waals surface area contributed by atoms with Gasteiger partial charge in [0.15, 0.2) is 5.78 Å². The molecule has 1 aliphatic heterocycles. The van der Waals surface area contributed by atoms with Crippen molar-refractivity contribution >= 4 is 39.1 Å². The number of fused-ring (bicyclic) bond motifs is 1. The second kappa shape index (κ2) is 8.14. The average Bonchev–Trinajstić information content (AvgIpc) is 3.09. The lowest BCUT2D eigenvalue weighted by molar-refractivity contribution is -0.136. The first kappa shape index (κ1) is 22.5. The Morgan fingerprint density at radius 3 is 2.33 bits per heavy atom. The molecule has 0 saturated carbocycles. The molecule has 0 unspecified atom stereocenters. The third kappa shape index (κ3) is 4.59. The zero-order valence-corrected chi connectivity index (χ0v) is 18.2. The van der Waals surface area contributed by atoms with E-state index in [9.17, 15) is 22.8 Å². The summed E-state index contributed by atoms with van der Waals surface area (Å²) in [6.07, 6.45) is -4.55. The number of nitrogens with zero attached hydrogens (tertiary/aromatic N) is 3. The number of hydrogen-bond acceptors (Lipinski definition) is 6. The molecule has 2 aromatic heterocycles. The lowest BCUT2D eigenvalue weighted by Crippen LogP contribution is -2.49. The molecule has 0 bridgehead atoms. The van der Waals surface area contributed by atoms with Crippen molar-refractivity contribution in [2.75, 3.05) is 44.7 Å². The van der Waals surface area contributed by atoms with Crippen LogP contribution in [0.25, 0.3) is 10.2 Å². The van der Waals surface area contributed by atoms with E-state index in [-0.39, 0.29) is 27.4 Å². The van der Waals surface area contributed by atoms with Crippen LogP contribution in [0.2, 0.25) is 0 Å². The molecule has 3 heterocycles. The average molecular weight is 443 g/mol. The zero-order valence-electron chi connectivity index (χ0n) is 17.4. The number of ketones is 1. The van der Waals surface area contributed by atoms with Crippen LogP contribution in [0, 0.1) is 5.41 Å². The molecule has 1 N–H and O–H groups in total. The molecule has 6 nitrogen and oxygen atoms in total. The number of amides is 1. The summed E-state index contributed by atoms with van der Waals surface area (Å²) in [5.41, 5.74) is -1.01. The van der Waals surface area contributed by atoms with Gasteiger partial charge in [-0.05, 0) is 6.07 Å². The Morgan fingerprint density at radius 2 is 1.80 bits per heavy atom. The highest BCUT2D eigenvalue weighted by Gasteiger charge is 2.36. The molecule has 10 heteroatoms. The lowest BCUT2D eigenvalue weighted by Gasteiger charge is -2.36. The van der Waals surface area contributed by atoms with E-state index >= 15 is 0 Å². The van der Waals surface area contributed by atoms with Crippen LogP contribution in [0.15, 0.2) is 11.4 Å². The molecule has 0 radical (unpaired) electrons. The summed E-state index contributed by atoms with van der Waals surface area (Å²) in [5, 5.41) is 3.86. The predicted octanol–water partition coefficient (Wildman–Crippen LogP) is 3.41. The largest absolute Gasteiger partial charge is 0.417 e. The fourth-order valence-electron chi connectivity index (χ4n) is 3.24. The zero-order chi connectivity index (χ0) is 22.3. The van der Waals surface area contributed by atoms with Gasteiger partial charge in [0.1, 0.15) is 5.82 Å². The number of halogens is 3. The second-order valence-electron chi connectivity index (χ2n) is 8.37.